The van der Waals surface area contributed by atoms with Crippen LogP contribution in [0.4, 0.5) is 0 Å². The van der Waals surface area contributed by atoms with Gasteiger partial charge < -0.3 is 14.7 Å². The highest BCUT2D eigenvalue weighted by Crippen LogP contribution is 2.60. The number of nitrogens with zero attached hydrogens (tertiary/aromatic N) is 1. The summed E-state index contributed by atoms with van der Waals surface area (Å²) in [6.07, 6.45) is 7.95. The molecule has 6 rings (SSSR count). The fourth-order valence-corrected chi connectivity index (χ4v) is 5.87. The molecule has 3 aliphatic heterocycles. The molecule has 0 aromatic carbocycles. The molecule has 0 aromatic heterocycles. The van der Waals surface area contributed by atoms with E-state index in [0.29, 0.717) is 24.4 Å². The van der Waals surface area contributed by atoms with Gasteiger partial charge in [-0.1, -0.05) is 37.6 Å². The quantitative estimate of drug-likeness (QED) is 0.803. The second-order valence-corrected chi connectivity index (χ2v) is 8.75. The van der Waals surface area contributed by atoms with Gasteiger partial charge in [0, 0.05) is 6.54 Å². The molecule has 24 heavy (non-hydrogen) atoms. The van der Waals surface area contributed by atoms with Crippen molar-refractivity contribution in [1.82, 2.24) is 4.90 Å². The van der Waals surface area contributed by atoms with Crippen LogP contribution >= 0.6 is 0 Å². The fraction of sp³-hybridized carbons (Fsp3) is 0.684. The van der Waals surface area contributed by atoms with E-state index >= 15 is 0 Å². The SMILES string of the molecule is CC1(C)[C@@H]2CC=C(CN3C[C@]45C=C[C@H](O4)[C@H](C(=O)O)[C@@H]5C3=O)[C@H]1C2. The lowest BCUT2D eigenvalue weighted by molar-refractivity contribution is -0.148. The van der Waals surface area contributed by atoms with Gasteiger partial charge >= 0.3 is 5.97 Å². The molecule has 128 valence electrons. The van der Waals surface area contributed by atoms with E-state index in [4.69, 9.17) is 4.74 Å². The topological polar surface area (TPSA) is 66.8 Å². The van der Waals surface area contributed by atoms with Crippen LogP contribution in [-0.4, -0.2) is 46.7 Å². The Bertz CT molecular complexity index is 708. The third-order valence-corrected chi connectivity index (χ3v) is 7.42. The first-order valence-corrected chi connectivity index (χ1v) is 8.91. The summed E-state index contributed by atoms with van der Waals surface area (Å²) in [5, 5.41) is 9.53. The lowest BCUT2D eigenvalue weighted by Gasteiger charge is -2.56. The molecular formula is C19H23NO4. The van der Waals surface area contributed by atoms with Crippen molar-refractivity contribution in [3.05, 3.63) is 23.8 Å². The minimum Gasteiger partial charge on any atom is -0.481 e. The Labute approximate surface area is 141 Å². The summed E-state index contributed by atoms with van der Waals surface area (Å²) in [5.74, 6) is -0.934. The highest BCUT2D eigenvalue weighted by atomic mass is 16.5. The standard InChI is InChI=1S/C19H23NO4/c1-18(2)11-4-3-10(12(18)7-11)8-20-9-19-6-5-13(24-19)14(17(22)23)15(19)16(20)21/h3,5-6,11-15H,4,7-9H2,1-2H3,(H,22,23)/t11-,12-,13+,14+,15-,19+/m1/s1. The van der Waals surface area contributed by atoms with Crippen molar-refractivity contribution in [3.63, 3.8) is 0 Å². The van der Waals surface area contributed by atoms with E-state index in [1.807, 2.05) is 17.1 Å². The predicted molar refractivity (Wildman–Crippen MR) is 86.0 cm³/mol. The smallest absolute Gasteiger partial charge is 0.310 e. The molecule has 3 fully saturated rings. The van der Waals surface area contributed by atoms with Gasteiger partial charge in [-0.15, -0.1) is 0 Å². The number of aliphatic carboxylic acids is 1. The molecule has 3 heterocycles. The molecule has 0 radical (unpaired) electrons. The monoisotopic (exact) mass is 329 g/mol. The Balaban J connectivity index is 1.40. The maximum Gasteiger partial charge on any atom is 0.310 e. The summed E-state index contributed by atoms with van der Waals surface area (Å²) in [7, 11) is 0. The molecular weight excluding hydrogens is 306 g/mol. The zero-order valence-corrected chi connectivity index (χ0v) is 14.1. The van der Waals surface area contributed by atoms with E-state index < -0.39 is 29.5 Å². The van der Waals surface area contributed by atoms with Crippen LogP contribution in [-0.2, 0) is 14.3 Å². The Hall–Kier alpha value is -1.62. The number of hydrogen-bond donors (Lipinski definition) is 1. The van der Waals surface area contributed by atoms with Crippen LogP contribution in [0.25, 0.3) is 0 Å². The van der Waals surface area contributed by atoms with Crippen molar-refractivity contribution >= 4 is 11.9 Å². The van der Waals surface area contributed by atoms with E-state index in [0.717, 1.165) is 12.3 Å². The van der Waals surface area contributed by atoms with Crippen LogP contribution in [0.2, 0.25) is 0 Å². The molecule has 1 amide bonds. The first-order valence-electron chi connectivity index (χ1n) is 8.91. The summed E-state index contributed by atoms with van der Waals surface area (Å²) in [6, 6.07) is 0. The predicted octanol–water partition coefficient (Wildman–Crippen LogP) is 1.85. The highest BCUT2D eigenvalue weighted by molar-refractivity contribution is 5.90. The fourth-order valence-electron chi connectivity index (χ4n) is 5.87. The average Bonchev–Trinajstić information content (AvgIpc) is 3.16. The van der Waals surface area contributed by atoms with Crippen molar-refractivity contribution in [3.8, 4) is 0 Å². The second-order valence-electron chi connectivity index (χ2n) is 8.75. The number of likely N-dealkylation sites (tertiary alicyclic amines) is 1. The molecule has 1 spiro atoms. The zero-order chi connectivity index (χ0) is 16.9. The van der Waals surface area contributed by atoms with E-state index in [-0.39, 0.29) is 5.91 Å². The average molecular weight is 329 g/mol. The summed E-state index contributed by atoms with van der Waals surface area (Å²) in [6.45, 7) is 5.77. The minimum atomic E-state index is -0.925. The van der Waals surface area contributed by atoms with E-state index in [1.54, 1.807) is 0 Å². The summed E-state index contributed by atoms with van der Waals surface area (Å²) in [4.78, 5) is 26.4. The summed E-state index contributed by atoms with van der Waals surface area (Å²) in [5.41, 5.74) is 0.981. The van der Waals surface area contributed by atoms with Gasteiger partial charge in [0.25, 0.3) is 0 Å². The van der Waals surface area contributed by atoms with Crippen molar-refractivity contribution < 1.29 is 19.4 Å². The van der Waals surface area contributed by atoms with Crippen molar-refractivity contribution in [1.29, 1.82) is 0 Å². The maximum absolute atomic E-state index is 13.0. The zero-order valence-electron chi connectivity index (χ0n) is 14.1. The number of carboxylic acid groups (broad SMARTS) is 1. The van der Waals surface area contributed by atoms with Gasteiger partial charge in [-0.25, -0.2) is 0 Å². The lowest BCUT2D eigenvalue weighted by Crippen LogP contribution is -2.50. The Kier molecular flexibility index (Phi) is 2.64. The van der Waals surface area contributed by atoms with E-state index in [2.05, 4.69) is 19.9 Å². The summed E-state index contributed by atoms with van der Waals surface area (Å²) >= 11 is 0. The molecule has 4 bridgehead atoms. The number of carbonyl (C=O) groups excluding carboxylic acids is 1. The molecule has 5 heteroatoms. The minimum absolute atomic E-state index is 0.0468. The first-order chi connectivity index (χ1) is 11.3. The number of allylic oxidation sites excluding steroid dienone is 1. The van der Waals surface area contributed by atoms with Crippen LogP contribution in [0.15, 0.2) is 23.8 Å². The van der Waals surface area contributed by atoms with Gasteiger partial charge in [0.2, 0.25) is 5.91 Å². The molecule has 6 atom stereocenters. The molecule has 3 aliphatic carbocycles. The van der Waals surface area contributed by atoms with Gasteiger partial charge in [-0.05, 0) is 30.1 Å². The molecule has 0 aromatic rings. The normalized spacial score (nSPS) is 46.8. The van der Waals surface area contributed by atoms with Crippen LogP contribution in [0, 0.1) is 29.1 Å². The molecule has 6 aliphatic rings. The van der Waals surface area contributed by atoms with Crippen LogP contribution in [0.5, 0.6) is 0 Å². The number of amides is 1. The Morgan fingerprint density at radius 1 is 1.46 bits per heavy atom. The number of fused-ring (bicyclic) bond motifs is 2. The van der Waals surface area contributed by atoms with Crippen LogP contribution in [0.1, 0.15) is 26.7 Å². The molecule has 5 nitrogen and oxygen atoms in total. The number of hydrogen-bond acceptors (Lipinski definition) is 3. The largest absolute Gasteiger partial charge is 0.481 e. The van der Waals surface area contributed by atoms with E-state index in [9.17, 15) is 14.7 Å². The second kappa shape index (κ2) is 4.31. The number of rotatable bonds is 3. The molecule has 2 saturated heterocycles. The van der Waals surface area contributed by atoms with Gasteiger partial charge in [0.05, 0.1) is 18.6 Å². The highest BCUT2D eigenvalue weighted by Gasteiger charge is 2.67. The van der Waals surface area contributed by atoms with Gasteiger partial charge in [0.1, 0.15) is 11.5 Å². The van der Waals surface area contributed by atoms with Crippen LogP contribution < -0.4 is 0 Å². The van der Waals surface area contributed by atoms with Crippen molar-refractivity contribution in [2.75, 3.05) is 13.1 Å². The number of carbonyl (C=O) groups is 2. The van der Waals surface area contributed by atoms with E-state index in [1.165, 1.54) is 12.0 Å². The Morgan fingerprint density at radius 2 is 2.25 bits per heavy atom. The third-order valence-electron chi connectivity index (χ3n) is 7.42. The van der Waals surface area contributed by atoms with Gasteiger partial charge in [-0.3, -0.25) is 9.59 Å². The summed E-state index contributed by atoms with van der Waals surface area (Å²) < 4.78 is 5.95. The first kappa shape index (κ1) is 14.7. The third kappa shape index (κ3) is 1.59. The van der Waals surface area contributed by atoms with Crippen molar-refractivity contribution in [2.45, 2.75) is 38.4 Å². The molecule has 1 N–H and O–H groups in total. The van der Waals surface area contributed by atoms with Crippen LogP contribution in [0.3, 0.4) is 0 Å². The number of carboxylic acids is 1. The maximum atomic E-state index is 13.0. The Morgan fingerprint density at radius 3 is 2.92 bits per heavy atom. The van der Waals surface area contributed by atoms with Gasteiger partial charge in [0.15, 0.2) is 0 Å². The molecule has 1 saturated carbocycles. The lowest BCUT2D eigenvalue weighted by atomic mass is 9.49. The van der Waals surface area contributed by atoms with Crippen molar-refractivity contribution in [2.24, 2.45) is 29.1 Å². The molecule has 0 unspecified atom stereocenters. The number of ether oxygens (including phenoxy) is 1. The van der Waals surface area contributed by atoms with Gasteiger partial charge in [-0.2, -0.15) is 0 Å².